The topological polar surface area (TPSA) is 39.9 Å². The quantitative estimate of drug-likeness (QED) is 0.104. The molecule has 0 spiro atoms. The van der Waals surface area contributed by atoms with Gasteiger partial charge in [-0.2, -0.15) is 0 Å². The van der Waals surface area contributed by atoms with Crippen molar-refractivity contribution in [3.63, 3.8) is 0 Å². The molecule has 2 fully saturated rings. The minimum atomic E-state index is 0.260. The van der Waals surface area contributed by atoms with E-state index in [4.69, 9.17) is 4.42 Å². The summed E-state index contributed by atoms with van der Waals surface area (Å²) in [5, 5.41) is 23.2. The fourth-order valence-electron chi connectivity index (χ4n) is 15.6. The van der Waals surface area contributed by atoms with Crippen LogP contribution < -0.4 is 9.80 Å². The van der Waals surface area contributed by atoms with E-state index in [-0.39, 0.29) is 5.75 Å². The molecule has 88 heavy (non-hydrogen) atoms. The van der Waals surface area contributed by atoms with Crippen LogP contribution in [-0.2, 0) is 12.8 Å². The zero-order valence-corrected chi connectivity index (χ0v) is 51.8. The van der Waals surface area contributed by atoms with Gasteiger partial charge in [-0.25, -0.2) is 0 Å². The molecule has 0 amide bonds. The van der Waals surface area contributed by atoms with Crippen LogP contribution in [0.2, 0.25) is 0 Å². The Kier molecular flexibility index (Phi) is 14.4. The van der Waals surface area contributed by atoms with Gasteiger partial charge in [0.05, 0.1) is 22.7 Å². The van der Waals surface area contributed by atoms with Crippen LogP contribution in [0.3, 0.4) is 0 Å². The number of aromatic hydroxyl groups is 1. The van der Waals surface area contributed by atoms with Crippen molar-refractivity contribution in [1.29, 1.82) is 0 Å². The number of fused-ring (bicyclic) bond motifs is 3. The molecular formula is C84H78N2O2. The van der Waals surface area contributed by atoms with Gasteiger partial charge in [0, 0.05) is 44.0 Å². The van der Waals surface area contributed by atoms with E-state index in [2.05, 4.69) is 264 Å². The summed E-state index contributed by atoms with van der Waals surface area (Å²) in [5.74, 6) is 1.79. The average molecular weight is 1150 g/mol. The number of furan rings is 1. The van der Waals surface area contributed by atoms with Crippen molar-refractivity contribution >= 4 is 88.4 Å². The monoisotopic (exact) mass is 1150 g/mol. The van der Waals surface area contributed by atoms with Crippen LogP contribution >= 0.6 is 0 Å². The molecule has 0 bridgehead atoms. The first-order valence-corrected chi connectivity index (χ1v) is 32.8. The van der Waals surface area contributed by atoms with Crippen LogP contribution in [0.1, 0.15) is 150 Å². The molecule has 0 aliphatic heterocycles. The SMILES string of the molecule is CCc1ccc(N(c2cccc(-c3cccc(-c4ccccc4C(C)C)c3)c2O)c2cc(C3CCCC3)c3ccc4c(N(c5ccc(CC)cc5)c5cccc6c5oc5c(-c7ccccc7C(C)C)cccc56)cc(C5CCCC5)c5ccc2c3c54)cc1. The Labute approximate surface area is 519 Å². The van der Waals surface area contributed by atoms with Crippen LogP contribution in [0.15, 0.2) is 217 Å². The number of phenols is 1. The first-order chi connectivity index (χ1) is 43.1. The molecule has 15 rings (SSSR count). The van der Waals surface area contributed by atoms with Crippen molar-refractivity contribution in [2.24, 2.45) is 0 Å². The summed E-state index contributed by atoms with van der Waals surface area (Å²) in [4.78, 5) is 4.92. The van der Waals surface area contributed by atoms with E-state index in [0.29, 0.717) is 23.7 Å². The standard InChI is InChI=1S/C84H78N2O2/c1-7-54-37-41-60(42-38-54)85(76-35-19-31-65(82(76)87)59-26-17-25-58(49-59)64-29-15-13-27-62(64)52(3)4)78-50-74(56-21-9-10-22-56)67-46-48-73-79(51-75(57-23-11-12-24-57)68-45-47-72(78)80(67)81(68)73)86(61-43-39-55(8-2)40-44-61)77-36-20-34-71-70-33-18-32-69(83(70)88-84(71)77)66-30-16-14-28-63(66)53(5)6/h13-20,25-53,56-57,87H,7-12,21-24H2,1-6H3. The highest BCUT2D eigenvalue weighted by molar-refractivity contribution is 6.30. The second kappa shape index (κ2) is 22.9. The zero-order valence-electron chi connectivity index (χ0n) is 51.8. The molecule has 2 saturated carbocycles. The zero-order chi connectivity index (χ0) is 59.7. The summed E-state index contributed by atoms with van der Waals surface area (Å²) in [6.07, 6.45) is 11.4. The third-order valence-corrected chi connectivity index (χ3v) is 20.1. The lowest BCUT2D eigenvalue weighted by Crippen LogP contribution is -2.14. The highest BCUT2D eigenvalue weighted by Crippen LogP contribution is 2.56. The third kappa shape index (κ3) is 9.41. The van der Waals surface area contributed by atoms with E-state index in [1.807, 2.05) is 0 Å². The number of nitrogens with zero attached hydrogens (tertiary/aromatic N) is 2. The number of anilines is 6. The van der Waals surface area contributed by atoms with Gasteiger partial charge < -0.3 is 19.3 Å². The summed E-state index contributed by atoms with van der Waals surface area (Å²) in [6.45, 7) is 13.6. The summed E-state index contributed by atoms with van der Waals surface area (Å²) in [6, 6.07) is 79.4. The first-order valence-electron chi connectivity index (χ1n) is 32.8. The Morgan fingerprint density at radius 1 is 0.386 bits per heavy atom. The van der Waals surface area contributed by atoms with Crippen molar-refractivity contribution in [2.45, 2.75) is 129 Å². The molecule has 4 heteroatoms. The molecule has 1 N–H and O–H groups in total. The molecule has 2 aliphatic carbocycles. The van der Waals surface area contributed by atoms with Crippen LogP contribution in [0.25, 0.3) is 87.6 Å². The van der Waals surface area contributed by atoms with Gasteiger partial charge in [-0.15, -0.1) is 0 Å². The molecule has 436 valence electrons. The van der Waals surface area contributed by atoms with Crippen molar-refractivity contribution in [2.75, 3.05) is 9.80 Å². The van der Waals surface area contributed by atoms with Crippen molar-refractivity contribution in [1.82, 2.24) is 0 Å². The fourth-order valence-corrected chi connectivity index (χ4v) is 15.6. The van der Waals surface area contributed by atoms with Gasteiger partial charge in [0.1, 0.15) is 11.3 Å². The van der Waals surface area contributed by atoms with E-state index >= 15 is 0 Å². The highest BCUT2D eigenvalue weighted by Gasteiger charge is 2.32. The molecule has 12 aromatic carbocycles. The smallest absolute Gasteiger partial charge is 0.159 e. The molecule has 1 heterocycles. The summed E-state index contributed by atoms with van der Waals surface area (Å²) in [7, 11) is 0. The molecule has 0 radical (unpaired) electrons. The predicted molar refractivity (Wildman–Crippen MR) is 374 cm³/mol. The van der Waals surface area contributed by atoms with Crippen LogP contribution in [-0.4, -0.2) is 5.11 Å². The van der Waals surface area contributed by atoms with Gasteiger partial charge in [-0.3, -0.25) is 0 Å². The minimum absolute atomic E-state index is 0.260. The van der Waals surface area contributed by atoms with Gasteiger partial charge >= 0.3 is 0 Å². The number of aryl methyl sites for hydroxylation is 2. The van der Waals surface area contributed by atoms with E-state index in [0.717, 1.165) is 117 Å². The van der Waals surface area contributed by atoms with Gasteiger partial charge in [0.2, 0.25) is 0 Å². The van der Waals surface area contributed by atoms with Crippen molar-refractivity contribution in [3.8, 4) is 39.1 Å². The minimum Gasteiger partial charge on any atom is -0.505 e. The largest absolute Gasteiger partial charge is 0.505 e. The Balaban J connectivity index is 1.00. The number of rotatable bonds is 15. The molecule has 2 aliphatic rings. The second-order valence-corrected chi connectivity index (χ2v) is 25.9. The summed E-state index contributed by atoms with van der Waals surface area (Å²) in [5.41, 5.74) is 22.5. The average Bonchev–Trinajstić information content (AvgIpc) is 0.997. The number of hydrogen-bond donors (Lipinski definition) is 1. The number of para-hydroxylation sites is 3. The molecule has 0 atom stereocenters. The summed E-state index contributed by atoms with van der Waals surface area (Å²) < 4.78 is 7.46. The van der Waals surface area contributed by atoms with E-state index in [1.54, 1.807) is 0 Å². The fraction of sp³-hybridized carbons (Fsp3) is 0.238. The number of hydrogen-bond acceptors (Lipinski definition) is 4. The van der Waals surface area contributed by atoms with Crippen molar-refractivity contribution in [3.05, 3.63) is 246 Å². The Morgan fingerprint density at radius 2 is 0.818 bits per heavy atom. The molecule has 1 aromatic heterocycles. The second-order valence-electron chi connectivity index (χ2n) is 25.9. The van der Waals surface area contributed by atoms with Gasteiger partial charge in [-0.1, -0.05) is 225 Å². The van der Waals surface area contributed by atoms with E-state index in [9.17, 15) is 5.11 Å². The van der Waals surface area contributed by atoms with Gasteiger partial charge in [0.15, 0.2) is 5.58 Å². The maximum Gasteiger partial charge on any atom is 0.159 e. The first kappa shape index (κ1) is 55.5. The third-order valence-electron chi connectivity index (χ3n) is 20.1. The number of phenolic OH excluding ortho intramolecular Hbond substituents is 1. The van der Waals surface area contributed by atoms with E-state index in [1.165, 1.54) is 103 Å². The molecule has 13 aromatic rings. The lowest BCUT2D eigenvalue weighted by molar-refractivity contribution is 0.478. The summed E-state index contributed by atoms with van der Waals surface area (Å²) >= 11 is 0. The Hall–Kier alpha value is -9.12. The lowest BCUT2D eigenvalue weighted by Gasteiger charge is -2.32. The lowest BCUT2D eigenvalue weighted by atomic mass is 9.82. The molecule has 4 nitrogen and oxygen atoms in total. The van der Waals surface area contributed by atoms with Crippen molar-refractivity contribution < 1.29 is 9.52 Å². The highest BCUT2D eigenvalue weighted by atomic mass is 16.3. The number of benzene rings is 12. The molecule has 0 unspecified atom stereocenters. The predicted octanol–water partition coefficient (Wildman–Crippen LogP) is 24.8. The van der Waals surface area contributed by atoms with Crippen LogP contribution in [0, 0.1) is 0 Å². The van der Waals surface area contributed by atoms with Crippen LogP contribution in [0.4, 0.5) is 34.1 Å². The van der Waals surface area contributed by atoms with Gasteiger partial charge in [-0.05, 0) is 194 Å². The van der Waals surface area contributed by atoms with Gasteiger partial charge in [0.25, 0.3) is 0 Å². The molecular weight excluding hydrogens is 1070 g/mol. The van der Waals surface area contributed by atoms with E-state index < -0.39 is 0 Å². The molecule has 0 saturated heterocycles. The van der Waals surface area contributed by atoms with Crippen LogP contribution in [0.5, 0.6) is 5.75 Å². The Bertz CT molecular complexity index is 4740. The maximum absolute atomic E-state index is 13.2. The Morgan fingerprint density at radius 3 is 1.38 bits per heavy atom. The maximum atomic E-state index is 13.2. The normalized spacial score (nSPS) is 14.1.